The van der Waals surface area contributed by atoms with E-state index in [1.54, 1.807) is 18.2 Å². The van der Waals surface area contributed by atoms with E-state index >= 15 is 0 Å². The summed E-state index contributed by atoms with van der Waals surface area (Å²) < 4.78 is 90.7. The van der Waals surface area contributed by atoms with Gasteiger partial charge in [0.2, 0.25) is 11.8 Å². The lowest BCUT2D eigenvalue weighted by Gasteiger charge is -2.21. The van der Waals surface area contributed by atoms with Crippen molar-refractivity contribution < 1.29 is 59.8 Å². The highest BCUT2D eigenvalue weighted by Crippen LogP contribution is 2.39. The number of nitrogens with one attached hydrogen (secondary N) is 4. The van der Waals surface area contributed by atoms with E-state index in [-0.39, 0.29) is 37.2 Å². The van der Waals surface area contributed by atoms with E-state index in [4.69, 9.17) is 4.74 Å². The molecule has 1 fully saturated rings. The first-order valence-corrected chi connectivity index (χ1v) is 13.6. The topological polar surface area (TPSA) is 156 Å². The molecule has 0 radical (unpaired) electrons. The fourth-order valence-corrected chi connectivity index (χ4v) is 4.91. The summed E-state index contributed by atoms with van der Waals surface area (Å²) in [5, 5.41) is 7.75. The van der Waals surface area contributed by atoms with Crippen molar-refractivity contribution in [2.75, 3.05) is 26.8 Å². The van der Waals surface area contributed by atoms with Gasteiger partial charge in [0, 0.05) is 23.4 Å². The molecule has 0 aliphatic carbocycles. The van der Waals surface area contributed by atoms with Crippen LogP contribution in [-0.4, -0.2) is 67.3 Å². The maximum Gasteiger partial charge on any atom is 0.417 e. The van der Waals surface area contributed by atoms with Gasteiger partial charge in [0.05, 0.1) is 36.4 Å². The number of ether oxygens (including phenoxy) is 2. The van der Waals surface area contributed by atoms with Gasteiger partial charge in [-0.3, -0.25) is 19.2 Å². The number of benzene rings is 2. The molecule has 4 rings (SSSR count). The van der Waals surface area contributed by atoms with E-state index < -0.39 is 83.6 Å². The van der Waals surface area contributed by atoms with Crippen LogP contribution in [-0.2, 0) is 31.5 Å². The first-order chi connectivity index (χ1) is 21.6. The molecule has 2 aromatic carbocycles. The maximum atomic E-state index is 13.5. The third kappa shape index (κ3) is 7.76. The molecule has 2 atom stereocenters. The SMILES string of the molecule is COc1cccc2[nH]c(C(=O)NCC(=O)N[C@@H](C[C@@H]3CCNC3=O)C(=O)COC(=O)c3c(C(F)(F)F)cccc3C(F)(F)F)cc12. The van der Waals surface area contributed by atoms with Gasteiger partial charge >= 0.3 is 18.3 Å². The van der Waals surface area contributed by atoms with Crippen LogP contribution in [0.1, 0.15) is 44.8 Å². The molecule has 46 heavy (non-hydrogen) atoms. The second-order valence-corrected chi connectivity index (χ2v) is 10.2. The molecule has 11 nitrogen and oxygen atoms in total. The summed E-state index contributed by atoms with van der Waals surface area (Å²) in [5.41, 5.74) is -5.02. The van der Waals surface area contributed by atoms with Crippen LogP contribution in [0.25, 0.3) is 10.9 Å². The molecule has 246 valence electrons. The predicted octanol–water partition coefficient (Wildman–Crippen LogP) is 3.38. The summed E-state index contributed by atoms with van der Waals surface area (Å²) in [6, 6.07) is 5.98. The number of carbonyl (C=O) groups excluding carboxylic acids is 5. The van der Waals surface area contributed by atoms with Gasteiger partial charge in [0.1, 0.15) is 11.4 Å². The zero-order valence-electron chi connectivity index (χ0n) is 23.9. The number of alkyl halides is 6. The average Bonchev–Trinajstić information content (AvgIpc) is 3.62. The first kappa shape index (κ1) is 33.8. The van der Waals surface area contributed by atoms with Gasteiger partial charge in [-0.25, -0.2) is 4.79 Å². The van der Waals surface area contributed by atoms with Gasteiger partial charge in [0.25, 0.3) is 5.91 Å². The Morgan fingerprint density at radius 2 is 1.65 bits per heavy atom. The number of rotatable bonds is 11. The number of aromatic nitrogens is 1. The van der Waals surface area contributed by atoms with Crippen LogP contribution in [0.4, 0.5) is 26.3 Å². The van der Waals surface area contributed by atoms with E-state index in [1.165, 1.54) is 13.2 Å². The van der Waals surface area contributed by atoms with E-state index in [0.717, 1.165) is 0 Å². The lowest BCUT2D eigenvalue weighted by Crippen LogP contribution is -2.48. The molecule has 4 N–H and O–H groups in total. The Bertz CT molecular complexity index is 1640. The molecule has 1 aliphatic heterocycles. The Morgan fingerprint density at radius 1 is 1.00 bits per heavy atom. The van der Waals surface area contributed by atoms with Crippen LogP contribution >= 0.6 is 0 Å². The lowest BCUT2D eigenvalue weighted by atomic mass is 9.96. The van der Waals surface area contributed by atoms with Crippen molar-refractivity contribution in [3.63, 3.8) is 0 Å². The van der Waals surface area contributed by atoms with Crippen molar-refractivity contribution in [2.24, 2.45) is 5.92 Å². The van der Waals surface area contributed by atoms with Crippen molar-refractivity contribution in [2.45, 2.75) is 31.2 Å². The zero-order valence-corrected chi connectivity index (χ0v) is 23.9. The number of amides is 3. The van der Waals surface area contributed by atoms with Crippen LogP contribution in [0.2, 0.25) is 0 Å². The van der Waals surface area contributed by atoms with E-state index in [9.17, 15) is 50.3 Å². The molecule has 3 amide bonds. The van der Waals surface area contributed by atoms with Crippen molar-refractivity contribution in [1.82, 2.24) is 20.9 Å². The molecule has 2 heterocycles. The Balaban J connectivity index is 1.45. The Kier molecular flexibility index (Phi) is 9.92. The summed E-state index contributed by atoms with van der Waals surface area (Å²) in [7, 11) is 1.45. The number of aromatic amines is 1. The standard InChI is InChI=1S/C29H26F6N4O7/c1-45-22-7-3-6-18-15(22)11-20(38-18)26(43)37-12-23(41)39-19(10-14-8-9-36-25(14)42)21(40)13-46-27(44)24-16(28(30,31)32)4-2-5-17(24)29(33,34)35/h2-7,11,14,19,38H,8-10,12-13H2,1H3,(H,36,42)(H,37,43)(H,39,41)/t14-,19-/m0/s1. The minimum atomic E-state index is -5.37. The van der Waals surface area contributed by atoms with Gasteiger partial charge < -0.3 is 30.4 Å². The average molecular weight is 657 g/mol. The molecule has 0 bridgehead atoms. The van der Waals surface area contributed by atoms with Gasteiger partial charge in [-0.2, -0.15) is 26.3 Å². The first-order valence-electron chi connectivity index (χ1n) is 13.6. The number of ketones is 1. The third-order valence-electron chi connectivity index (χ3n) is 7.13. The molecule has 1 aliphatic rings. The highest BCUT2D eigenvalue weighted by Gasteiger charge is 2.43. The summed E-state index contributed by atoms with van der Waals surface area (Å²) in [5.74, 6) is -5.58. The fraction of sp³-hybridized carbons (Fsp3) is 0.345. The van der Waals surface area contributed by atoms with Gasteiger partial charge in [-0.1, -0.05) is 12.1 Å². The third-order valence-corrected chi connectivity index (χ3v) is 7.13. The molecule has 0 spiro atoms. The number of esters is 1. The summed E-state index contributed by atoms with van der Waals surface area (Å²) in [6.07, 6.45) is -10.8. The van der Waals surface area contributed by atoms with Gasteiger partial charge in [-0.15, -0.1) is 0 Å². The number of halogens is 6. The zero-order chi connectivity index (χ0) is 33.8. The van der Waals surface area contributed by atoms with Crippen molar-refractivity contribution in [1.29, 1.82) is 0 Å². The molecule has 1 aromatic heterocycles. The second kappa shape index (κ2) is 13.5. The van der Waals surface area contributed by atoms with Gasteiger partial charge in [-0.05, 0) is 43.2 Å². The summed E-state index contributed by atoms with van der Waals surface area (Å²) in [4.78, 5) is 66.0. The predicted molar refractivity (Wildman–Crippen MR) is 147 cm³/mol. The highest BCUT2D eigenvalue weighted by atomic mass is 19.4. The monoisotopic (exact) mass is 656 g/mol. The van der Waals surface area contributed by atoms with E-state index in [0.29, 0.717) is 22.7 Å². The molecular weight excluding hydrogens is 630 g/mol. The maximum absolute atomic E-state index is 13.5. The summed E-state index contributed by atoms with van der Waals surface area (Å²) >= 11 is 0. The number of methoxy groups -OCH3 is 1. The second-order valence-electron chi connectivity index (χ2n) is 10.2. The van der Waals surface area contributed by atoms with Crippen LogP contribution in [0.5, 0.6) is 5.75 Å². The smallest absolute Gasteiger partial charge is 0.417 e. The number of hydrogen-bond acceptors (Lipinski definition) is 7. The molecule has 1 saturated heterocycles. The van der Waals surface area contributed by atoms with Crippen LogP contribution in [0.3, 0.4) is 0 Å². The van der Waals surface area contributed by atoms with Gasteiger partial charge in [0.15, 0.2) is 12.4 Å². The fourth-order valence-electron chi connectivity index (χ4n) is 4.91. The molecule has 3 aromatic rings. The lowest BCUT2D eigenvalue weighted by molar-refractivity contribution is -0.144. The quantitative estimate of drug-likeness (QED) is 0.182. The largest absolute Gasteiger partial charge is 0.496 e. The van der Waals surface area contributed by atoms with Crippen molar-refractivity contribution in [3.05, 3.63) is 64.8 Å². The van der Waals surface area contributed by atoms with Crippen LogP contribution in [0, 0.1) is 5.92 Å². The molecule has 0 unspecified atom stereocenters. The van der Waals surface area contributed by atoms with Crippen molar-refractivity contribution >= 4 is 40.4 Å². The number of carbonyl (C=O) groups is 5. The molecule has 0 saturated carbocycles. The number of hydrogen-bond donors (Lipinski definition) is 4. The Morgan fingerprint density at radius 3 is 2.24 bits per heavy atom. The Hall–Kier alpha value is -5.09. The Labute approximate surface area is 256 Å². The molecule has 17 heteroatoms. The highest BCUT2D eigenvalue weighted by molar-refractivity contribution is 6.01. The van der Waals surface area contributed by atoms with E-state index in [2.05, 4.69) is 25.7 Å². The minimum absolute atomic E-state index is 0.0758. The number of Topliss-reactive ketones (excluding diaryl/α,β-unsaturated/α-hetero) is 1. The van der Waals surface area contributed by atoms with Crippen LogP contribution in [0.15, 0.2) is 42.5 Å². The summed E-state index contributed by atoms with van der Waals surface area (Å²) in [6.45, 7) is -1.74. The number of H-pyrrole nitrogens is 1. The van der Waals surface area contributed by atoms with Crippen molar-refractivity contribution in [3.8, 4) is 5.75 Å². The molecular formula is C29H26F6N4O7. The van der Waals surface area contributed by atoms with E-state index in [1.807, 2.05) is 0 Å². The minimum Gasteiger partial charge on any atom is -0.496 e. The normalized spacial score (nSPS) is 15.6. The van der Waals surface area contributed by atoms with Crippen LogP contribution < -0.4 is 20.7 Å². The number of fused-ring (bicyclic) bond motifs is 1.